The number of hydrogen-bond acceptors (Lipinski definition) is 10. The van der Waals surface area contributed by atoms with Crippen LogP contribution in [-0.4, -0.2) is 75.6 Å². The zero-order valence-electron chi connectivity index (χ0n) is 15.6. The smallest absolute Gasteiger partial charge is 0.547 e. The van der Waals surface area contributed by atoms with Gasteiger partial charge in [0.15, 0.2) is 6.29 Å². The number of carbonyl (C=O) groups is 1. The number of hydrogen-bond donors (Lipinski definition) is 3. The number of carboxylic acid groups (broad SMARTS) is 1. The minimum absolute atomic E-state index is 0. The van der Waals surface area contributed by atoms with Crippen LogP contribution in [0.3, 0.4) is 0 Å². The summed E-state index contributed by atoms with van der Waals surface area (Å²) < 4.78 is 10.8. The number of aliphatic hydroxyl groups is 3. The number of carboxylic acids is 1. The second-order valence-corrected chi connectivity index (χ2v) is 6.23. The number of aliphatic hydroxyl groups excluding tert-OH is 3. The average Bonchev–Trinajstić information content (AvgIpc) is 2.67. The van der Waals surface area contributed by atoms with Gasteiger partial charge in [-0.15, -0.1) is 4.91 Å². The van der Waals surface area contributed by atoms with E-state index in [9.17, 15) is 30.1 Å². The van der Waals surface area contributed by atoms with Crippen molar-refractivity contribution < 1.29 is 64.3 Å². The molecule has 6 atom stereocenters. The monoisotopic (exact) mass is 407 g/mol. The van der Waals surface area contributed by atoms with Crippen LogP contribution >= 0.6 is 0 Å². The summed E-state index contributed by atoms with van der Waals surface area (Å²) in [5.41, 5.74) is 0.626. The van der Waals surface area contributed by atoms with Crippen molar-refractivity contribution in [3.63, 3.8) is 0 Å². The molecule has 150 valence electrons. The van der Waals surface area contributed by atoms with Crippen molar-refractivity contribution in [2.75, 3.05) is 13.6 Å². The van der Waals surface area contributed by atoms with Gasteiger partial charge in [0.2, 0.25) is 0 Å². The first-order chi connectivity index (χ1) is 12.8. The molecule has 0 bridgehead atoms. The summed E-state index contributed by atoms with van der Waals surface area (Å²) in [7, 11) is 1.52. The molecule has 0 radical (unpaired) electrons. The van der Waals surface area contributed by atoms with Crippen LogP contribution in [0.1, 0.15) is 24.5 Å². The molecule has 0 saturated carbocycles. The van der Waals surface area contributed by atoms with Crippen molar-refractivity contribution in [2.45, 2.75) is 49.7 Å². The van der Waals surface area contributed by atoms with Crippen LogP contribution in [0.2, 0.25) is 0 Å². The van der Waals surface area contributed by atoms with Crippen LogP contribution in [-0.2, 0) is 14.3 Å². The minimum atomic E-state index is -1.85. The Kier molecular flexibility index (Phi) is 10.4. The quantitative estimate of drug-likeness (QED) is 0.205. The van der Waals surface area contributed by atoms with Crippen molar-refractivity contribution in [3.8, 4) is 0 Å². The van der Waals surface area contributed by atoms with Gasteiger partial charge in [0.1, 0.15) is 24.4 Å². The molecular formula is C16H22N3NaO8. The van der Waals surface area contributed by atoms with E-state index < -0.39 is 42.8 Å². The normalized spacial score (nSPS) is 28.1. The third-order valence-corrected chi connectivity index (χ3v) is 4.24. The van der Waals surface area contributed by atoms with Crippen LogP contribution < -0.4 is 34.7 Å². The molecule has 2 heterocycles. The predicted octanol–water partition coefficient (Wildman–Crippen LogP) is -4.91. The number of aliphatic carboxylic acids is 1. The van der Waals surface area contributed by atoms with Crippen molar-refractivity contribution in [1.82, 2.24) is 9.99 Å². The van der Waals surface area contributed by atoms with E-state index in [-0.39, 0.29) is 29.6 Å². The fraction of sp³-hybridized carbons (Fsp3) is 0.625. The molecule has 11 nitrogen and oxygen atoms in total. The van der Waals surface area contributed by atoms with Crippen molar-refractivity contribution in [1.29, 1.82) is 0 Å². The molecule has 0 aliphatic carbocycles. The fourth-order valence-corrected chi connectivity index (χ4v) is 2.74. The summed E-state index contributed by atoms with van der Waals surface area (Å²) in [5.74, 6) is -1.74. The molecule has 2 unspecified atom stereocenters. The van der Waals surface area contributed by atoms with E-state index in [1.807, 2.05) is 0 Å². The summed E-state index contributed by atoms with van der Waals surface area (Å²) in [5, 5.41) is 44.8. The van der Waals surface area contributed by atoms with Gasteiger partial charge in [-0.05, 0) is 24.5 Å². The Morgan fingerprint density at radius 3 is 2.68 bits per heavy atom. The van der Waals surface area contributed by atoms with Crippen LogP contribution in [0.25, 0.3) is 0 Å². The Labute approximate surface area is 183 Å². The molecule has 1 fully saturated rings. The maximum Gasteiger partial charge on any atom is 1.00 e. The molecule has 1 aliphatic rings. The van der Waals surface area contributed by atoms with Gasteiger partial charge in [-0.3, -0.25) is 9.99 Å². The maximum atomic E-state index is 11.1. The predicted molar refractivity (Wildman–Crippen MR) is 87.4 cm³/mol. The molecule has 0 spiro atoms. The van der Waals surface area contributed by atoms with Crippen molar-refractivity contribution in [3.05, 3.63) is 35.0 Å². The van der Waals surface area contributed by atoms with Gasteiger partial charge in [-0.25, -0.2) is 0 Å². The van der Waals surface area contributed by atoms with Gasteiger partial charge in [0.05, 0.1) is 17.4 Å². The first-order valence-corrected chi connectivity index (χ1v) is 8.35. The summed E-state index contributed by atoms with van der Waals surface area (Å²) in [6.07, 6.45) is -5.41. The summed E-state index contributed by atoms with van der Waals surface area (Å²) in [6.45, 7) is 0.348. The van der Waals surface area contributed by atoms with Crippen LogP contribution in [0.15, 0.2) is 29.8 Å². The van der Waals surface area contributed by atoms with E-state index in [4.69, 9.17) is 9.47 Å². The number of rotatable bonds is 9. The number of aromatic nitrogens is 1. The average molecular weight is 407 g/mol. The fourth-order valence-electron chi connectivity index (χ4n) is 2.74. The van der Waals surface area contributed by atoms with Gasteiger partial charge in [0.25, 0.3) is 0 Å². The second kappa shape index (κ2) is 11.7. The van der Waals surface area contributed by atoms with E-state index in [2.05, 4.69) is 10.3 Å². The molecule has 0 amide bonds. The van der Waals surface area contributed by atoms with Crippen molar-refractivity contribution in [2.24, 2.45) is 5.29 Å². The molecule has 1 saturated heterocycles. The van der Waals surface area contributed by atoms with E-state index >= 15 is 0 Å². The van der Waals surface area contributed by atoms with E-state index in [1.54, 1.807) is 18.3 Å². The number of ether oxygens (including phenoxy) is 2. The Morgan fingerprint density at radius 1 is 1.39 bits per heavy atom. The summed E-state index contributed by atoms with van der Waals surface area (Å²) in [6, 6.07) is 3.39. The van der Waals surface area contributed by atoms with E-state index in [0.29, 0.717) is 24.9 Å². The Balaban J connectivity index is 0.00000392. The first kappa shape index (κ1) is 24.9. The van der Waals surface area contributed by atoms with Gasteiger partial charge in [-0.1, -0.05) is 6.07 Å². The molecular weight excluding hydrogens is 385 g/mol. The molecule has 12 heteroatoms. The first-order valence-electron chi connectivity index (χ1n) is 8.35. The number of pyridine rings is 1. The van der Waals surface area contributed by atoms with Gasteiger partial charge in [0, 0.05) is 26.0 Å². The SMILES string of the molecule is CN(CCCC(O[C@@H]1OC(C(=O)[O-])[C@H](O)[C@H](O)[C@@H]1O)c1cccnc1)N=O.[Na+]. The number of carbonyl (C=O) groups excluding carboxylic acids is 1. The molecule has 3 N–H and O–H groups in total. The molecule has 1 aliphatic heterocycles. The third kappa shape index (κ3) is 6.42. The molecule has 28 heavy (non-hydrogen) atoms. The van der Waals surface area contributed by atoms with Crippen LogP contribution in [0.4, 0.5) is 0 Å². The minimum Gasteiger partial charge on any atom is -0.547 e. The summed E-state index contributed by atoms with van der Waals surface area (Å²) in [4.78, 5) is 25.5. The number of nitrogens with zero attached hydrogens (tertiary/aromatic N) is 3. The Bertz CT molecular complexity index is 625. The molecule has 0 aromatic carbocycles. The van der Waals surface area contributed by atoms with E-state index in [1.165, 1.54) is 18.3 Å². The van der Waals surface area contributed by atoms with Gasteiger partial charge >= 0.3 is 29.6 Å². The van der Waals surface area contributed by atoms with E-state index in [0.717, 1.165) is 0 Å². The van der Waals surface area contributed by atoms with Gasteiger partial charge < -0.3 is 34.7 Å². The van der Waals surface area contributed by atoms with Crippen LogP contribution in [0.5, 0.6) is 0 Å². The topological polar surface area (TPSA) is 165 Å². The van der Waals surface area contributed by atoms with Crippen molar-refractivity contribution >= 4 is 5.97 Å². The van der Waals surface area contributed by atoms with Gasteiger partial charge in [-0.2, -0.15) is 0 Å². The maximum absolute atomic E-state index is 11.1. The molecule has 1 aromatic heterocycles. The zero-order chi connectivity index (χ0) is 20.0. The van der Waals surface area contributed by atoms with Crippen LogP contribution in [0, 0.1) is 4.91 Å². The zero-order valence-corrected chi connectivity index (χ0v) is 17.6. The molecule has 2 rings (SSSR count). The summed E-state index contributed by atoms with van der Waals surface area (Å²) >= 11 is 0. The third-order valence-electron chi connectivity index (χ3n) is 4.24. The standard InChI is InChI=1S/C16H23N3O8.Na/c1-19(18-25)7-3-5-10(9-4-2-6-17-8-9)26-16-13(22)11(20)12(21)14(27-16)15(23)24;/h2,4,6,8,10-14,16,20-22H,3,5,7H2,1H3,(H,23,24);/q;+1/p-1/t10?,11-,12+,13-,14?,16+;/m0./s1. The second-order valence-electron chi connectivity index (χ2n) is 6.23. The largest absolute Gasteiger partial charge is 1.00 e. The number of nitroso groups, excluding NO2 is 1. The Morgan fingerprint density at radius 2 is 2.11 bits per heavy atom. The Hall–Kier alpha value is -1.18. The molecule has 1 aromatic rings.